The van der Waals surface area contributed by atoms with E-state index < -0.39 is 0 Å². The highest BCUT2D eigenvalue weighted by molar-refractivity contribution is 7.80. The van der Waals surface area contributed by atoms with E-state index in [1.807, 2.05) is 0 Å². The molecule has 6 nitrogen and oxygen atoms in total. The molecule has 0 bridgehead atoms. The summed E-state index contributed by atoms with van der Waals surface area (Å²) in [5, 5.41) is 5.36. The summed E-state index contributed by atoms with van der Waals surface area (Å²) < 4.78 is 5.40. The molecule has 0 heterocycles. The number of ether oxygens (including phenoxy) is 1. The van der Waals surface area contributed by atoms with Gasteiger partial charge in [0.15, 0.2) is 6.61 Å². The lowest BCUT2D eigenvalue weighted by molar-refractivity contribution is -0.118. The predicted molar refractivity (Wildman–Crippen MR) is 97.2 cm³/mol. The van der Waals surface area contributed by atoms with E-state index in [1.165, 1.54) is 6.92 Å². The third-order valence-electron chi connectivity index (χ3n) is 3.00. The molecule has 0 spiro atoms. The first-order valence-electron chi connectivity index (χ1n) is 7.14. The number of hydrogen-bond acceptors (Lipinski definition) is 4. The first-order chi connectivity index (χ1) is 11.4. The summed E-state index contributed by atoms with van der Waals surface area (Å²) >= 11 is 4.87. The molecule has 4 N–H and O–H groups in total. The van der Waals surface area contributed by atoms with Gasteiger partial charge in [-0.1, -0.05) is 12.2 Å². The third-order valence-corrected chi connectivity index (χ3v) is 3.23. The Labute approximate surface area is 145 Å². The van der Waals surface area contributed by atoms with Crippen molar-refractivity contribution >= 4 is 40.4 Å². The van der Waals surface area contributed by atoms with Crippen LogP contribution in [-0.2, 0) is 9.59 Å². The van der Waals surface area contributed by atoms with Crippen LogP contribution in [0, 0.1) is 0 Å². The van der Waals surface area contributed by atoms with Crippen LogP contribution in [0.4, 0.5) is 11.4 Å². The molecule has 124 valence electrons. The number of nitrogens with two attached hydrogens (primary N) is 1. The van der Waals surface area contributed by atoms with Crippen molar-refractivity contribution in [1.29, 1.82) is 0 Å². The maximum absolute atomic E-state index is 11.9. The predicted octanol–water partition coefficient (Wildman–Crippen LogP) is 2.30. The molecule has 0 saturated carbocycles. The first-order valence-corrected chi connectivity index (χ1v) is 7.55. The number of rotatable bonds is 6. The summed E-state index contributed by atoms with van der Waals surface area (Å²) in [6.45, 7) is 1.30. The van der Waals surface area contributed by atoms with Gasteiger partial charge >= 0.3 is 0 Å². The van der Waals surface area contributed by atoms with Gasteiger partial charge in [-0.05, 0) is 48.5 Å². The zero-order valence-corrected chi connectivity index (χ0v) is 13.9. The fraction of sp³-hybridized carbons (Fsp3) is 0.118. The van der Waals surface area contributed by atoms with Crippen LogP contribution >= 0.6 is 12.2 Å². The summed E-state index contributed by atoms with van der Waals surface area (Å²) in [4.78, 5) is 23.1. The highest BCUT2D eigenvalue weighted by Gasteiger charge is 2.05. The van der Waals surface area contributed by atoms with Crippen molar-refractivity contribution in [3.63, 3.8) is 0 Å². The Morgan fingerprint density at radius 2 is 1.54 bits per heavy atom. The molecule has 7 heteroatoms. The van der Waals surface area contributed by atoms with E-state index in [2.05, 4.69) is 10.6 Å². The highest BCUT2D eigenvalue weighted by atomic mass is 32.1. The van der Waals surface area contributed by atoms with E-state index in [1.54, 1.807) is 48.5 Å². The largest absolute Gasteiger partial charge is 0.484 e. The SMILES string of the molecule is CC(=O)Nc1ccc(OCC(=O)Nc2ccc(C(N)=S)cc2)cc1. The number of nitrogens with one attached hydrogen (secondary N) is 2. The summed E-state index contributed by atoms with van der Waals surface area (Å²) in [6.07, 6.45) is 0. The van der Waals surface area contributed by atoms with E-state index in [-0.39, 0.29) is 18.4 Å². The van der Waals surface area contributed by atoms with E-state index >= 15 is 0 Å². The number of thiocarbonyl (C=S) groups is 1. The van der Waals surface area contributed by atoms with Crippen molar-refractivity contribution in [1.82, 2.24) is 0 Å². The average molecular weight is 343 g/mol. The zero-order valence-electron chi connectivity index (χ0n) is 13.0. The lowest BCUT2D eigenvalue weighted by Crippen LogP contribution is -2.20. The summed E-state index contributed by atoms with van der Waals surface area (Å²) in [6, 6.07) is 13.7. The third kappa shape index (κ3) is 5.36. The van der Waals surface area contributed by atoms with Crippen molar-refractivity contribution in [2.75, 3.05) is 17.2 Å². The monoisotopic (exact) mass is 343 g/mol. The van der Waals surface area contributed by atoms with Gasteiger partial charge in [0.05, 0.1) is 0 Å². The number of benzene rings is 2. The smallest absolute Gasteiger partial charge is 0.262 e. The minimum atomic E-state index is -0.288. The van der Waals surface area contributed by atoms with Gasteiger partial charge in [-0.3, -0.25) is 9.59 Å². The molecule has 2 aromatic rings. The van der Waals surface area contributed by atoms with Crippen LogP contribution in [0.15, 0.2) is 48.5 Å². The standard InChI is InChI=1S/C17H17N3O3S/c1-11(21)19-13-6-8-15(9-7-13)23-10-16(22)20-14-4-2-12(3-5-14)17(18)24/h2-9H,10H2,1H3,(H2,18,24)(H,19,21)(H,20,22). The fourth-order valence-corrected chi connectivity index (χ4v) is 2.04. The van der Waals surface area contributed by atoms with Crippen molar-refractivity contribution < 1.29 is 14.3 Å². The molecule has 2 aromatic carbocycles. The van der Waals surface area contributed by atoms with E-state index in [0.717, 1.165) is 5.56 Å². The van der Waals surface area contributed by atoms with Gasteiger partial charge in [0, 0.05) is 23.9 Å². The number of anilines is 2. The summed E-state index contributed by atoms with van der Waals surface area (Å²) in [7, 11) is 0. The molecule has 24 heavy (non-hydrogen) atoms. The molecule has 0 atom stereocenters. The number of carbonyl (C=O) groups excluding carboxylic acids is 2. The Bertz CT molecular complexity index is 743. The number of hydrogen-bond donors (Lipinski definition) is 3. The van der Waals surface area contributed by atoms with Gasteiger partial charge in [0.1, 0.15) is 10.7 Å². The second-order valence-electron chi connectivity index (χ2n) is 4.98. The van der Waals surface area contributed by atoms with Crippen LogP contribution < -0.4 is 21.1 Å². The molecule has 0 radical (unpaired) electrons. The number of carbonyl (C=O) groups is 2. The van der Waals surface area contributed by atoms with E-state index in [0.29, 0.717) is 22.1 Å². The Kier molecular flexibility index (Phi) is 5.86. The molecule has 0 aliphatic heterocycles. The van der Waals surface area contributed by atoms with Crippen LogP contribution in [0.2, 0.25) is 0 Å². The Balaban J connectivity index is 1.84. The second-order valence-corrected chi connectivity index (χ2v) is 5.42. The lowest BCUT2D eigenvalue weighted by atomic mass is 10.2. The average Bonchev–Trinajstić information content (AvgIpc) is 2.54. The second kappa shape index (κ2) is 8.07. The molecule has 0 fully saturated rings. The molecule has 0 aromatic heterocycles. The molecule has 2 rings (SSSR count). The molecule has 0 unspecified atom stereocenters. The van der Waals surface area contributed by atoms with Gasteiger partial charge < -0.3 is 21.1 Å². The van der Waals surface area contributed by atoms with Gasteiger partial charge in [-0.25, -0.2) is 0 Å². The Morgan fingerprint density at radius 3 is 2.08 bits per heavy atom. The minimum absolute atomic E-state index is 0.128. The van der Waals surface area contributed by atoms with Crippen molar-refractivity contribution in [3.8, 4) is 5.75 Å². The quantitative estimate of drug-likeness (QED) is 0.700. The Hall–Kier alpha value is -2.93. The van der Waals surface area contributed by atoms with Gasteiger partial charge in [0.25, 0.3) is 5.91 Å². The molecular formula is C17H17N3O3S. The lowest BCUT2D eigenvalue weighted by Gasteiger charge is -2.09. The van der Waals surface area contributed by atoms with Crippen molar-refractivity contribution in [3.05, 3.63) is 54.1 Å². The van der Waals surface area contributed by atoms with Gasteiger partial charge in [-0.2, -0.15) is 0 Å². The summed E-state index contributed by atoms with van der Waals surface area (Å²) in [5.41, 5.74) is 7.54. The molecule has 0 aliphatic carbocycles. The fourth-order valence-electron chi connectivity index (χ4n) is 1.90. The van der Waals surface area contributed by atoms with E-state index in [4.69, 9.17) is 22.7 Å². The van der Waals surface area contributed by atoms with Gasteiger partial charge in [-0.15, -0.1) is 0 Å². The van der Waals surface area contributed by atoms with Crippen LogP contribution in [-0.4, -0.2) is 23.4 Å². The van der Waals surface area contributed by atoms with Crippen LogP contribution in [0.25, 0.3) is 0 Å². The maximum atomic E-state index is 11.9. The molecule has 0 aliphatic rings. The van der Waals surface area contributed by atoms with Crippen LogP contribution in [0.5, 0.6) is 5.75 Å². The molecule has 2 amide bonds. The van der Waals surface area contributed by atoms with E-state index in [9.17, 15) is 9.59 Å². The van der Waals surface area contributed by atoms with Crippen molar-refractivity contribution in [2.24, 2.45) is 5.73 Å². The van der Waals surface area contributed by atoms with Gasteiger partial charge in [0.2, 0.25) is 5.91 Å². The molecular weight excluding hydrogens is 326 g/mol. The van der Waals surface area contributed by atoms with Crippen molar-refractivity contribution in [2.45, 2.75) is 6.92 Å². The molecule has 0 saturated heterocycles. The van der Waals surface area contributed by atoms with Crippen LogP contribution in [0.3, 0.4) is 0 Å². The normalized spacial score (nSPS) is 9.88. The number of amides is 2. The van der Waals surface area contributed by atoms with Crippen LogP contribution in [0.1, 0.15) is 12.5 Å². The Morgan fingerprint density at radius 1 is 1.00 bits per heavy atom. The highest BCUT2D eigenvalue weighted by Crippen LogP contribution is 2.16. The first kappa shape index (κ1) is 17.4. The minimum Gasteiger partial charge on any atom is -0.484 e. The zero-order chi connectivity index (χ0) is 17.5. The maximum Gasteiger partial charge on any atom is 0.262 e. The topological polar surface area (TPSA) is 93.4 Å². The summed E-state index contributed by atoms with van der Waals surface area (Å²) in [5.74, 6) is 0.0940.